The molecule has 0 N–H and O–H groups in total. The van der Waals surface area contributed by atoms with Gasteiger partial charge in [-0.05, 0) is 166 Å². The molecule has 0 saturated heterocycles. The third kappa shape index (κ3) is 7.46. The highest BCUT2D eigenvalue weighted by molar-refractivity contribution is 7.26. The second-order valence-corrected chi connectivity index (χ2v) is 23.2. The predicted molar refractivity (Wildman–Crippen MR) is 345 cm³/mol. The van der Waals surface area contributed by atoms with Crippen molar-refractivity contribution >= 4 is 119 Å². The standard InChI is InChI=1S/C77H52N2S/c1-77(2)70-45-56(58-33-39-69-75(47-58)80-74-40-34-53-19-9-12-26-66(53)76(69)74)31-37-67(70)68-38-32-57(46-71(68)77)59-43-62(78(60-35-29-49-15-3-5-20-54(49)41-60)72-27-13-22-51-17-7-10-24-64(51)72)48-63(44-59)79(61-36-30-50-16-4-6-21-55(50)42-61)73-28-14-23-52-18-8-11-25-65(52)73/h3-48H,1-2H3. The third-order valence-corrected chi connectivity index (χ3v) is 18.2. The topological polar surface area (TPSA) is 6.48 Å². The summed E-state index contributed by atoms with van der Waals surface area (Å²) in [4.78, 5) is 4.97. The Bertz CT molecular complexity index is 4830. The minimum Gasteiger partial charge on any atom is -0.310 e. The zero-order valence-corrected chi connectivity index (χ0v) is 45.2. The van der Waals surface area contributed by atoms with Gasteiger partial charge >= 0.3 is 0 Å². The summed E-state index contributed by atoms with van der Waals surface area (Å²) >= 11 is 1.90. The van der Waals surface area contributed by atoms with E-state index in [0.29, 0.717) is 0 Å². The van der Waals surface area contributed by atoms with Crippen LogP contribution in [0.1, 0.15) is 25.0 Å². The predicted octanol–water partition coefficient (Wildman–Crippen LogP) is 22.4. The van der Waals surface area contributed by atoms with Crippen molar-refractivity contribution in [3.05, 3.63) is 290 Å². The molecule has 16 rings (SSSR count). The lowest BCUT2D eigenvalue weighted by Crippen LogP contribution is -2.15. The summed E-state index contributed by atoms with van der Waals surface area (Å²) in [6.07, 6.45) is 0. The second kappa shape index (κ2) is 18.1. The molecule has 0 radical (unpaired) electrons. The lowest BCUT2D eigenvalue weighted by Gasteiger charge is -2.32. The van der Waals surface area contributed by atoms with Gasteiger partial charge in [0.05, 0.1) is 11.4 Å². The van der Waals surface area contributed by atoms with Crippen LogP contribution in [0.15, 0.2) is 279 Å². The second-order valence-electron chi connectivity index (χ2n) is 22.1. The number of thiophene rings is 1. The van der Waals surface area contributed by atoms with Gasteiger partial charge in [0.25, 0.3) is 0 Å². The molecule has 1 aromatic heterocycles. The maximum Gasteiger partial charge on any atom is 0.0540 e. The highest BCUT2D eigenvalue weighted by Gasteiger charge is 2.36. The van der Waals surface area contributed by atoms with Gasteiger partial charge in [0.15, 0.2) is 0 Å². The molecular weight excluding hydrogens is 985 g/mol. The van der Waals surface area contributed by atoms with Crippen molar-refractivity contribution in [2.24, 2.45) is 0 Å². The quantitative estimate of drug-likeness (QED) is 0.150. The normalized spacial score (nSPS) is 12.7. The molecule has 15 aromatic rings. The lowest BCUT2D eigenvalue weighted by molar-refractivity contribution is 0.661. The van der Waals surface area contributed by atoms with Crippen molar-refractivity contribution in [3.63, 3.8) is 0 Å². The zero-order chi connectivity index (χ0) is 53.1. The molecular formula is C77H52N2S. The van der Waals surface area contributed by atoms with E-state index >= 15 is 0 Å². The number of hydrogen-bond donors (Lipinski definition) is 0. The minimum atomic E-state index is -0.266. The number of nitrogens with zero attached hydrogens (tertiary/aromatic N) is 2. The summed E-state index contributed by atoms with van der Waals surface area (Å²) in [6, 6.07) is 104. The molecule has 1 aliphatic carbocycles. The van der Waals surface area contributed by atoms with Crippen molar-refractivity contribution < 1.29 is 0 Å². The SMILES string of the molecule is CC1(C)c2cc(-c3cc(N(c4ccc5ccccc5c4)c4cccc5ccccc45)cc(N(c4ccc5ccccc5c4)c4cccc5ccccc45)c3)ccc2-c2ccc(-c3ccc4c(c3)sc3ccc5ccccc5c34)cc21. The lowest BCUT2D eigenvalue weighted by atomic mass is 9.80. The molecule has 0 fully saturated rings. The largest absolute Gasteiger partial charge is 0.310 e. The Kier molecular flexibility index (Phi) is 10.5. The molecule has 0 unspecified atom stereocenters. The van der Waals surface area contributed by atoms with E-state index in [1.54, 1.807) is 0 Å². The first kappa shape index (κ1) is 46.3. The van der Waals surface area contributed by atoms with Gasteiger partial charge in [0, 0.05) is 59.1 Å². The summed E-state index contributed by atoms with van der Waals surface area (Å²) < 4.78 is 2.65. The van der Waals surface area contributed by atoms with Gasteiger partial charge < -0.3 is 9.80 Å². The molecule has 376 valence electrons. The molecule has 0 aliphatic heterocycles. The Balaban J connectivity index is 0.892. The summed E-state index contributed by atoms with van der Waals surface area (Å²) in [7, 11) is 0. The van der Waals surface area contributed by atoms with E-state index in [0.717, 1.165) is 39.7 Å². The maximum absolute atomic E-state index is 2.49. The molecule has 14 aromatic carbocycles. The van der Waals surface area contributed by atoms with E-state index in [-0.39, 0.29) is 5.41 Å². The van der Waals surface area contributed by atoms with E-state index in [2.05, 4.69) is 303 Å². The van der Waals surface area contributed by atoms with Crippen molar-refractivity contribution in [2.45, 2.75) is 19.3 Å². The average Bonchev–Trinajstić information content (AvgIpc) is 4.06. The summed E-state index contributed by atoms with van der Waals surface area (Å²) in [6.45, 7) is 4.83. The van der Waals surface area contributed by atoms with Crippen molar-refractivity contribution in [1.82, 2.24) is 0 Å². The molecule has 0 spiro atoms. The Morgan fingerprint density at radius 3 is 1.27 bits per heavy atom. The first-order chi connectivity index (χ1) is 39.4. The molecule has 0 saturated carbocycles. The van der Waals surface area contributed by atoms with E-state index < -0.39 is 0 Å². The van der Waals surface area contributed by atoms with E-state index in [1.807, 2.05) is 11.3 Å². The van der Waals surface area contributed by atoms with Crippen LogP contribution in [0.2, 0.25) is 0 Å². The Morgan fingerprint density at radius 2 is 0.713 bits per heavy atom. The molecule has 2 nitrogen and oxygen atoms in total. The fourth-order valence-electron chi connectivity index (χ4n) is 13.1. The number of fused-ring (bicyclic) bond motifs is 12. The zero-order valence-electron chi connectivity index (χ0n) is 44.4. The Morgan fingerprint density at radius 1 is 0.275 bits per heavy atom. The van der Waals surface area contributed by atoms with Crippen molar-refractivity contribution in [1.29, 1.82) is 0 Å². The van der Waals surface area contributed by atoms with Crippen LogP contribution in [0.25, 0.3) is 107 Å². The Hall–Kier alpha value is -9.80. The van der Waals surface area contributed by atoms with Crippen LogP contribution in [0.5, 0.6) is 0 Å². The van der Waals surface area contributed by atoms with Gasteiger partial charge in [-0.2, -0.15) is 0 Å². The highest BCUT2D eigenvalue weighted by Crippen LogP contribution is 2.53. The van der Waals surface area contributed by atoms with Crippen LogP contribution in [0.4, 0.5) is 34.1 Å². The molecule has 0 bridgehead atoms. The highest BCUT2D eigenvalue weighted by atomic mass is 32.1. The molecule has 0 amide bonds. The van der Waals surface area contributed by atoms with Gasteiger partial charge in [-0.25, -0.2) is 0 Å². The van der Waals surface area contributed by atoms with Crippen LogP contribution in [0.3, 0.4) is 0 Å². The van der Waals surface area contributed by atoms with Gasteiger partial charge in [-0.1, -0.05) is 214 Å². The smallest absolute Gasteiger partial charge is 0.0540 e. The Labute approximate surface area is 469 Å². The summed E-state index contributed by atoms with van der Waals surface area (Å²) in [5.41, 5.74) is 16.4. The van der Waals surface area contributed by atoms with Crippen molar-refractivity contribution in [3.8, 4) is 33.4 Å². The van der Waals surface area contributed by atoms with E-state index in [4.69, 9.17) is 0 Å². The third-order valence-electron chi connectivity index (χ3n) is 17.1. The van der Waals surface area contributed by atoms with Gasteiger partial charge in [0.2, 0.25) is 0 Å². The molecule has 80 heavy (non-hydrogen) atoms. The monoisotopic (exact) mass is 1040 g/mol. The molecule has 0 atom stereocenters. The molecule has 3 heteroatoms. The van der Waals surface area contributed by atoms with Crippen molar-refractivity contribution in [2.75, 3.05) is 9.80 Å². The molecule has 1 aliphatic rings. The van der Waals surface area contributed by atoms with Gasteiger partial charge in [0.1, 0.15) is 0 Å². The fourth-order valence-corrected chi connectivity index (χ4v) is 14.3. The van der Waals surface area contributed by atoms with Crippen LogP contribution in [0, 0.1) is 0 Å². The fraction of sp³-hybridized carbons (Fsp3) is 0.0390. The van der Waals surface area contributed by atoms with Gasteiger partial charge in [-0.15, -0.1) is 11.3 Å². The number of benzene rings is 14. The summed E-state index contributed by atoms with van der Waals surface area (Å²) in [5, 5.41) is 14.9. The number of rotatable bonds is 8. The molecule has 1 heterocycles. The first-order valence-corrected chi connectivity index (χ1v) is 28.5. The van der Waals surface area contributed by atoms with E-state index in [1.165, 1.54) is 113 Å². The summed E-state index contributed by atoms with van der Waals surface area (Å²) in [5.74, 6) is 0. The van der Waals surface area contributed by atoms with Crippen LogP contribution < -0.4 is 9.80 Å². The number of hydrogen-bond acceptors (Lipinski definition) is 3. The average molecular weight is 1040 g/mol. The van der Waals surface area contributed by atoms with Crippen LogP contribution in [-0.4, -0.2) is 0 Å². The van der Waals surface area contributed by atoms with Gasteiger partial charge in [-0.3, -0.25) is 0 Å². The van der Waals surface area contributed by atoms with Crippen LogP contribution >= 0.6 is 11.3 Å². The first-order valence-electron chi connectivity index (χ1n) is 27.7. The number of anilines is 6. The maximum atomic E-state index is 2.49. The minimum absolute atomic E-state index is 0.266. The van der Waals surface area contributed by atoms with Crippen LogP contribution in [-0.2, 0) is 5.41 Å². The van der Waals surface area contributed by atoms with E-state index in [9.17, 15) is 0 Å².